The molecule has 0 bridgehead atoms. The highest BCUT2D eigenvalue weighted by molar-refractivity contribution is 9.10. The quantitative estimate of drug-likeness (QED) is 0.790. The standard InChI is InChI=1S/C14H9BrFNO4/c15-8-3-7(14(20)21)4-9(5-8)17-13(19)11-2-1-10(18)6-12(11)16/h1-6,18H,(H,17,19)(H,20,21). The number of phenols is 1. The fourth-order valence-corrected chi connectivity index (χ4v) is 2.17. The van der Waals surface area contributed by atoms with E-state index < -0.39 is 17.7 Å². The second-order valence-corrected chi connectivity index (χ2v) is 5.07. The van der Waals surface area contributed by atoms with Gasteiger partial charge >= 0.3 is 5.97 Å². The van der Waals surface area contributed by atoms with Gasteiger partial charge in [0, 0.05) is 16.2 Å². The van der Waals surface area contributed by atoms with Gasteiger partial charge in [0.05, 0.1) is 11.1 Å². The molecule has 0 aliphatic rings. The molecule has 2 rings (SSSR count). The van der Waals surface area contributed by atoms with Gasteiger partial charge < -0.3 is 15.5 Å². The number of hydrogen-bond acceptors (Lipinski definition) is 3. The van der Waals surface area contributed by atoms with Crippen LogP contribution in [0.1, 0.15) is 20.7 Å². The van der Waals surface area contributed by atoms with Crippen LogP contribution in [-0.2, 0) is 0 Å². The monoisotopic (exact) mass is 353 g/mol. The highest BCUT2D eigenvalue weighted by atomic mass is 79.9. The van der Waals surface area contributed by atoms with Crippen LogP contribution in [0.3, 0.4) is 0 Å². The van der Waals surface area contributed by atoms with E-state index in [4.69, 9.17) is 10.2 Å². The second-order valence-electron chi connectivity index (χ2n) is 4.15. The molecule has 0 spiro atoms. The van der Waals surface area contributed by atoms with Crippen molar-refractivity contribution in [3.05, 3.63) is 57.8 Å². The summed E-state index contributed by atoms with van der Waals surface area (Å²) in [7, 11) is 0. The van der Waals surface area contributed by atoms with Crippen molar-refractivity contribution in [1.29, 1.82) is 0 Å². The van der Waals surface area contributed by atoms with E-state index in [1.807, 2.05) is 0 Å². The van der Waals surface area contributed by atoms with Gasteiger partial charge in [-0.05, 0) is 30.3 Å². The van der Waals surface area contributed by atoms with Crippen molar-refractivity contribution in [2.45, 2.75) is 0 Å². The number of anilines is 1. The first kappa shape index (κ1) is 15.0. The molecule has 1 amide bonds. The maximum absolute atomic E-state index is 13.6. The molecule has 0 unspecified atom stereocenters. The Labute approximate surface area is 127 Å². The van der Waals surface area contributed by atoms with Crippen molar-refractivity contribution >= 4 is 33.5 Å². The molecule has 0 aliphatic carbocycles. The van der Waals surface area contributed by atoms with Crippen LogP contribution >= 0.6 is 15.9 Å². The molecule has 0 fully saturated rings. The van der Waals surface area contributed by atoms with Crippen LogP contribution in [0.4, 0.5) is 10.1 Å². The Morgan fingerprint density at radius 1 is 1.14 bits per heavy atom. The lowest BCUT2D eigenvalue weighted by molar-refractivity contribution is 0.0696. The van der Waals surface area contributed by atoms with Crippen molar-refractivity contribution in [2.75, 3.05) is 5.32 Å². The van der Waals surface area contributed by atoms with E-state index in [1.54, 1.807) is 0 Å². The van der Waals surface area contributed by atoms with E-state index in [0.717, 1.165) is 12.1 Å². The number of aromatic hydroxyl groups is 1. The Kier molecular flexibility index (Phi) is 4.23. The normalized spacial score (nSPS) is 10.2. The van der Waals surface area contributed by atoms with Gasteiger partial charge in [-0.25, -0.2) is 9.18 Å². The lowest BCUT2D eigenvalue weighted by Gasteiger charge is -2.08. The van der Waals surface area contributed by atoms with Crippen LogP contribution in [0.2, 0.25) is 0 Å². The third-order valence-corrected chi connectivity index (χ3v) is 3.06. The summed E-state index contributed by atoms with van der Waals surface area (Å²) in [5, 5.41) is 20.4. The van der Waals surface area contributed by atoms with E-state index in [2.05, 4.69) is 21.2 Å². The van der Waals surface area contributed by atoms with E-state index in [1.165, 1.54) is 24.3 Å². The Balaban J connectivity index is 2.29. The minimum absolute atomic E-state index is 0.0224. The molecule has 0 radical (unpaired) electrons. The molecule has 0 saturated carbocycles. The van der Waals surface area contributed by atoms with Gasteiger partial charge in [0.25, 0.3) is 5.91 Å². The molecule has 108 valence electrons. The van der Waals surface area contributed by atoms with E-state index in [-0.39, 0.29) is 22.6 Å². The molecule has 7 heteroatoms. The fraction of sp³-hybridized carbons (Fsp3) is 0. The number of carbonyl (C=O) groups is 2. The van der Waals surface area contributed by atoms with Crippen LogP contribution in [-0.4, -0.2) is 22.1 Å². The SMILES string of the molecule is O=C(O)c1cc(Br)cc(NC(=O)c2ccc(O)cc2F)c1. The summed E-state index contributed by atoms with van der Waals surface area (Å²) in [5.41, 5.74) is -0.0743. The number of hydrogen-bond donors (Lipinski definition) is 3. The van der Waals surface area contributed by atoms with Crippen LogP contribution in [0.15, 0.2) is 40.9 Å². The maximum Gasteiger partial charge on any atom is 0.335 e. The summed E-state index contributed by atoms with van der Waals surface area (Å²) in [6.07, 6.45) is 0. The minimum Gasteiger partial charge on any atom is -0.508 e. The molecule has 2 aromatic carbocycles. The average molecular weight is 354 g/mol. The molecule has 2 aromatic rings. The number of carboxylic acid groups (broad SMARTS) is 1. The van der Waals surface area contributed by atoms with Crippen LogP contribution in [0.25, 0.3) is 0 Å². The Bertz CT molecular complexity index is 733. The largest absolute Gasteiger partial charge is 0.508 e. The summed E-state index contributed by atoms with van der Waals surface area (Å²) in [4.78, 5) is 22.9. The van der Waals surface area contributed by atoms with E-state index >= 15 is 0 Å². The van der Waals surface area contributed by atoms with Gasteiger partial charge in [0.15, 0.2) is 0 Å². The number of nitrogens with one attached hydrogen (secondary N) is 1. The minimum atomic E-state index is -1.15. The fourth-order valence-electron chi connectivity index (χ4n) is 1.67. The molecule has 0 atom stereocenters. The Morgan fingerprint density at radius 3 is 2.48 bits per heavy atom. The zero-order valence-corrected chi connectivity index (χ0v) is 12.0. The van der Waals surface area contributed by atoms with Crippen molar-refractivity contribution in [1.82, 2.24) is 0 Å². The summed E-state index contributed by atoms with van der Waals surface area (Å²) >= 11 is 3.13. The smallest absolute Gasteiger partial charge is 0.335 e. The number of phenolic OH excluding ortho intramolecular Hbond substituents is 1. The van der Waals surface area contributed by atoms with Crippen molar-refractivity contribution in [3.8, 4) is 5.75 Å². The lowest BCUT2D eigenvalue weighted by atomic mass is 10.1. The van der Waals surface area contributed by atoms with Crippen LogP contribution < -0.4 is 5.32 Å². The third kappa shape index (κ3) is 3.57. The summed E-state index contributed by atoms with van der Waals surface area (Å²) in [6.45, 7) is 0. The van der Waals surface area contributed by atoms with Crippen molar-refractivity contribution in [3.63, 3.8) is 0 Å². The highest BCUT2D eigenvalue weighted by Gasteiger charge is 2.14. The molecular weight excluding hydrogens is 345 g/mol. The molecule has 0 saturated heterocycles. The molecule has 21 heavy (non-hydrogen) atoms. The first-order valence-corrected chi connectivity index (χ1v) is 6.50. The molecular formula is C14H9BrFNO4. The van der Waals surface area contributed by atoms with Crippen LogP contribution in [0.5, 0.6) is 5.75 Å². The number of halogens is 2. The molecule has 3 N–H and O–H groups in total. The zero-order chi connectivity index (χ0) is 15.6. The third-order valence-electron chi connectivity index (χ3n) is 2.60. The summed E-state index contributed by atoms with van der Waals surface area (Å²) < 4.78 is 14.0. The number of carboxylic acids is 1. The molecule has 0 heterocycles. The van der Waals surface area contributed by atoms with Gasteiger partial charge in [-0.1, -0.05) is 15.9 Å². The first-order valence-electron chi connectivity index (χ1n) is 5.70. The van der Waals surface area contributed by atoms with Gasteiger partial charge in [-0.3, -0.25) is 4.79 Å². The predicted molar refractivity (Wildman–Crippen MR) is 77.1 cm³/mol. The number of amides is 1. The highest BCUT2D eigenvalue weighted by Crippen LogP contribution is 2.21. The maximum atomic E-state index is 13.6. The van der Waals surface area contributed by atoms with Gasteiger partial charge in [0.2, 0.25) is 0 Å². The molecule has 0 aromatic heterocycles. The number of rotatable bonds is 3. The van der Waals surface area contributed by atoms with Crippen molar-refractivity contribution in [2.24, 2.45) is 0 Å². The summed E-state index contributed by atoms with van der Waals surface area (Å²) in [5.74, 6) is -3.06. The summed E-state index contributed by atoms with van der Waals surface area (Å²) in [6, 6.07) is 7.25. The van der Waals surface area contributed by atoms with Crippen molar-refractivity contribution < 1.29 is 24.2 Å². The number of aromatic carboxylic acids is 1. The molecule has 5 nitrogen and oxygen atoms in total. The second kappa shape index (κ2) is 5.92. The first-order chi connectivity index (χ1) is 9.86. The molecule has 0 aliphatic heterocycles. The topological polar surface area (TPSA) is 86.6 Å². The van der Waals surface area contributed by atoms with E-state index in [0.29, 0.717) is 4.47 Å². The van der Waals surface area contributed by atoms with Gasteiger partial charge in [-0.2, -0.15) is 0 Å². The number of benzene rings is 2. The van der Waals surface area contributed by atoms with Gasteiger partial charge in [-0.15, -0.1) is 0 Å². The van der Waals surface area contributed by atoms with Crippen LogP contribution in [0, 0.1) is 5.82 Å². The zero-order valence-electron chi connectivity index (χ0n) is 10.4. The Morgan fingerprint density at radius 2 is 1.86 bits per heavy atom. The van der Waals surface area contributed by atoms with Gasteiger partial charge in [0.1, 0.15) is 11.6 Å². The number of carbonyl (C=O) groups excluding carboxylic acids is 1. The predicted octanol–water partition coefficient (Wildman–Crippen LogP) is 3.24. The van der Waals surface area contributed by atoms with E-state index in [9.17, 15) is 14.0 Å². The lowest BCUT2D eigenvalue weighted by Crippen LogP contribution is -2.14. The Hall–Kier alpha value is -2.41. The average Bonchev–Trinajstić information content (AvgIpc) is 2.37.